The van der Waals surface area contributed by atoms with Gasteiger partial charge < -0.3 is 14.2 Å². The number of benzene rings is 1. The minimum Gasteiger partial charge on any atom is -0.493 e. The van der Waals surface area contributed by atoms with Crippen LogP contribution in [-0.2, 0) is 6.18 Å². The molecular formula is C22H29F3N4O2. The van der Waals surface area contributed by atoms with E-state index in [0.717, 1.165) is 51.1 Å². The lowest BCUT2D eigenvalue weighted by atomic mass is 10.0. The summed E-state index contributed by atoms with van der Waals surface area (Å²) in [6.45, 7) is 4.78. The highest BCUT2D eigenvalue weighted by Crippen LogP contribution is 2.39. The predicted molar refractivity (Wildman–Crippen MR) is 111 cm³/mol. The van der Waals surface area contributed by atoms with Crippen LogP contribution in [0.1, 0.15) is 76.3 Å². The Morgan fingerprint density at radius 1 is 1.23 bits per heavy atom. The molecule has 170 valence electrons. The number of unbranched alkanes of at least 4 members (excludes halogenated alkanes) is 5. The first-order valence-electron chi connectivity index (χ1n) is 10.8. The van der Waals surface area contributed by atoms with Gasteiger partial charge in [0, 0.05) is 12.1 Å². The highest BCUT2D eigenvalue weighted by atomic mass is 19.4. The highest BCUT2D eigenvalue weighted by Gasteiger charge is 2.36. The van der Waals surface area contributed by atoms with Gasteiger partial charge in [0.05, 0.1) is 18.0 Å². The van der Waals surface area contributed by atoms with Crippen molar-refractivity contribution in [3.63, 3.8) is 0 Å². The normalized spacial score (nSPS) is 16.3. The molecule has 1 atom stereocenters. The summed E-state index contributed by atoms with van der Waals surface area (Å²) in [5, 5.41) is 11.6. The van der Waals surface area contributed by atoms with Crippen LogP contribution < -0.4 is 4.74 Å². The molecule has 0 amide bonds. The maximum atomic E-state index is 13.6. The molecule has 0 spiro atoms. The minimum absolute atomic E-state index is 0.0949. The van der Waals surface area contributed by atoms with Crippen LogP contribution in [0.3, 0.4) is 0 Å². The van der Waals surface area contributed by atoms with Crippen LogP contribution in [-0.4, -0.2) is 34.0 Å². The lowest BCUT2D eigenvalue weighted by molar-refractivity contribution is -0.138. The number of alkyl halides is 3. The summed E-state index contributed by atoms with van der Waals surface area (Å²) >= 11 is 0. The number of likely N-dealkylation sites (tertiary alicyclic amines) is 1. The molecule has 0 saturated carbocycles. The summed E-state index contributed by atoms with van der Waals surface area (Å²) in [4.78, 5) is 6.08. The molecule has 2 heterocycles. The van der Waals surface area contributed by atoms with Gasteiger partial charge in [0.25, 0.3) is 0 Å². The van der Waals surface area contributed by atoms with E-state index in [4.69, 9.17) is 14.7 Å². The van der Waals surface area contributed by atoms with E-state index in [1.165, 1.54) is 18.6 Å². The fourth-order valence-electron chi connectivity index (χ4n) is 3.61. The summed E-state index contributed by atoms with van der Waals surface area (Å²) in [6, 6.07) is 3.65. The number of nitrogens with one attached hydrogen (secondary N) is 1. The van der Waals surface area contributed by atoms with E-state index < -0.39 is 11.7 Å². The molecule has 9 heteroatoms. The summed E-state index contributed by atoms with van der Waals surface area (Å²) in [5.41, 5.74) is -0.630. The van der Waals surface area contributed by atoms with Crippen LogP contribution in [0, 0.1) is 5.41 Å². The van der Waals surface area contributed by atoms with Gasteiger partial charge in [-0.15, -0.1) is 0 Å². The number of hydrogen-bond acceptors (Lipinski definition) is 5. The maximum Gasteiger partial charge on any atom is 0.419 e. The molecule has 0 aliphatic carbocycles. The molecule has 1 aromatic carbocycles. The van der Waals surface area contributed by atoms with E-state index in [2.05, 4.69) is 17.1 Å². The zero-order valence-corrected chi connectivity index (χ0v) is 18.0. The van der Waals surface area contributed by atoms with E-state index in [-0.39, 0.29) is 29.8 Å². The van der Waals surface area contributed by atoms with Crippen LogP contribution in [0.25, 0.3) is 11.4 Å². The van der Waals surface area contributed by atoms with Gasteiger partial charge in [0.1, 0.15) is 11.8 Å². The maximum absolute atomic E-state index is 13.6. The molecule has 3 rings (SSSR count). The van der Waals surface area contributed by atoms with E-state index in [1.54, 1.807) is 11.8 Å². The van der Waals surface area contributed by atoms with Gasteiger partial charge in [-0.2, -0.15) is 18.2 Å². The van der Waals surface area contributed by atoms with E-state index >= 15 is 0 Å². The third kappa shape index (κ3) is 5.77. The van der Waals surface area contributed by atoms with Crippen LogP contribution in [0.15, 0.2) is 22.7 Å². The Hall–Kier alpha value is -2.58. The monoisotopic (exact) mass is 438 g/mol. The first kappa shape index (κ1) is 23.1. The van der Waals surface area contributed by atoms with Crippen molar-refractivity contribution in [1.82, 2.24) is 15.0 Å². The van der Waals surface area contributed by atoms with E-state index in [9.17, 15) is 13.2 Å². The number of halogens is 3. The van der Waals surface area contributed by atoms with Crippen molar-refractivity contribution < 1.29 is 22.4 Å². The SMILES string of the molecule is CCCCCCCCOc1ccc(-c2noc([C@@H]3CCN3C(C)=N)n2)cc1C(F)(F)F. The summed E-state index contributed by atoms with van der Waals surface area (Å²) < 4.78 is 51.6. The minimum atomic E-state index is -4.55. The van der Waals surface area contributed by atoms with Crippen molar-refractivity contribution in [3.8, 4) is 17.1 Å². The summed E-state index contributed by atoms with van der Waals surface area (Å²) in [6.07, 6.45) is 2.42. The predicted octanol–water partition coefficient (Wildman–Crippen LogP) is 6.24. The third-order valence-corrected chi connectivity index (χ3v) is 5.48. The number of ether oxygens (including phenoxy) is 1. The van der Waals surface area contributed by atoms with Crippen LogP contribution in [0.2, 0.25) is 0 Å². The molecule has 0 radical (unpaired) electrons. The Morgan fingerprint density at radius 3 is 2.61 bits per heavy atom. The van der Waals surface area contributed by atoms with Crippen molar-refractivity contribution in [3.05, 3.63) is 29.7 Å². The molecule has 1 aliphatic heterocycles. The van der Waals surface area contributed by atoms with Crippen molar-refractivity contribution in [2.45, 2.75) is 71.0 Å². The molecule has 1 saturated heterocycles. The molecular weight excluding hydrogens is 409 g/mol. The smallest absolute Gasteiger partial charge is 0.419 e. The molecule has 1 fully saturated rings. The van der Waals surface area contributed by atoms with E-state index in [1.807, 2.05) is 0 Å². The quantitative estimate of drug-likeness (QED) is 0.270. The average Bonchev–Trinajstić information content (AvgIpc) is 3.14. The largest absolute Gasteiger partial charge is 0.493 e. The van der Waals surface area contributed by atoms with Crippen molar-refractivity contribution in [2.24, 2.45) is 0 Å². The molecule has 0 unspecified atom stereocenters. The number of rotatable bonds is 10. The van der Waals surface area contributed by atoms with Crippen LogP contribution in [0.4, 0.5) is 13.2 Å². The van der Waals surface area contributed by atoms with Crippen molar-refractivity contribution in [2.75, 3.05) is 13.2 Å². The molecule has 2 aromatic rings. The zero-order valence-electron chi connectivity index (χ0n) is 18.0. The van der Waals surface area contributed by atoms with Crippen LogP contribution >= 0.6 is 0 Å². The van der Waals surface area contributed by atoms with Crippen LogP contribution in [0.5, 0.6) is 5.75 Å². The average molecular weight is 438 g/mol. The number of nitrogens with zero attached hydrogens (tertiary/aromatic N) is 3. The van der Waals surface area contributed by atoms with Crippen molar-refractivity contribution in [1.29, 1.82) is 5.41 Å². The highest BCUT2D eigenvalue weighted by molar-refractivity contribution is 5.77. The van der Waals surface area contributed by atoms with E-state index in [0.29, 0.717) is 11.7 Å². The first-order valence-corrected chi connectivity index (χ1v) is 10.8. The lowest BCUT2D eigenvalue weighted by Gasteiger charge is -2.39. The van der Waals surface area contributed by atoms with Gasteiger partial charge in [-0.25, -0.2) is 0 Å². The number of hydrogen-bond donors (Lipinski definition) is 1. The van der Waals surface area contributed by atoms with Gasteiger partial charge in [0.15, 0.2) is 0 Å². The third-order valence-electron chi connectivity index (χ3n) is 5.48. The zero-order chi connectivity index (χ0) is 22.4. The van der Waals surface area contributed by atoms with Gasteiger partial charge in [-0.05, 0) is 38.0 Å². The van der Waals surface area contributed by atoms with Gasteiger partial charge in [-0.3, -0.25) is 5.41 Å². The molecule has 0 bridgehead atoms. The Bertz CT molecular complexity index is 882. The topological polar surface area (TPSA) is 75.2 Å². The Balaban J connectivity index is 1.68. The fourth-order valence-corrected chi connectivity index (χ4v) is 3.61. The lowest BCUT2D eigenvalue weighted by Crippen LogP contribution is -2.43. The summed E-state index contributed by atoms with van der Waals surface area (Å²) in [7, 11) is 0. The second-order valence-electron chi connectivity index (χ2n) is 7.86. The Kier molecular flexibility index (Phi) is 7.56. The molecule has 1 aromatic heterocycles. The first-order chi connectivity index (χ1) is 14.8. The molecule has 31 heavy (non-hydrogen) atoms. The number of amidine groups is 1. The summed E-state index contributed by atoms with van der Waals surface area (Å²) in [5.74, 6) is 0.614. The Labute approximate surface area is 180 Å². The van der Waals surface area contributed by atoms with Gasteiger partial charge >= 0.3 is 6.18 Å². The molecule has 1 aliphatic rings. The van der Waals surface area contributed by atoms with Crippen molar-refractivity contribution >= 4 is 5.84 Å². The van der Waals surface area contributed by atoms with Gasteiger partial charge in [0.2, 0.25) is 11.7 Å². The molecule has 1 N–H and O–H groups in total. The second kappa shape index (κ2) is 10.2. The molecule has 6 nitrogen and oxygen atoms in total. The van der Waals surface area contributed by atoms with Gasteiger partial charge in [-0.1, -0.05) is 44.2 Å². The number of aromatic nitrogens is 2. The standard InChI is InChI=1S/C22H29F3N4O2/c1-3-4-5-6-7-8-13-30-19-10-9-16(14-17(19)22(23,24)25)20-27-21(31-28-20)18-11-12-29(18)15(2)26/h9-10,14,18,26H,3-8,11-13H2,1-2H3/t18-/m0/s1. The Morgan fingerprint density at radius 2 is 1.97 bits per heavy atom. The second-order valence-corrected chi connectivity index (χ2v) is 7.86. The fraction of sp³-hybridized carbons (Fsp3) is 0.591.